The van der Waals surface area contributed by atoms with Gasteiger partial charge in [-0.05, 0) is 12.5 Å². The first-order valence-corrected chi connectivity index (χ1v) is 4.27. The van der Waals surface area contributed by atoms with Crippen LogP contribution in [0.1, 0.15) is 18.5 Å². The molecule has 0 saturated carbocycles. The number of hydrogen-bond donors (Lipinski definition) is 0. The summed E-state index contributed by atoms with van der Waals surface area (Å²) in [4.78, 5) is 3.92. The zero-order chi connectivity index (χ0) is 9.10. The van der Waals surface area contributed by atoms with Crippen LogP contribution >= 0.6 is 0 Å². The molecular formula is C10H11N3. The van der Waals surface area contributed by atoms with Gasteiger partial charge in [0.2, 0.25) is 0 Å². The van der Waals surface area contributed by atoms with Crippen LogP contribution in [0.5, 0.6) is 0 Å². The van der Waals surface area contributed by atoms with E-state index in [9.17, 15) is 0 Å². The summed E-state index contributed by atoms with van der Waals surface area (Å²) in [5.41, 5.74) is 1.24. The van der Waals surface area contributed by atoms with E-state index in [4.69, 9.17) is 0 Å². The molecule has 0 unspecified atom stereocenters. The minimum absolute atomic E-state index is 0.253. The fraction of sp³-hybridized carbons (Fsp3) is 0.200. The van der Waals surface area contributed by atoms with Crippen LogP contribution in [-0.4, -0.2) is 14.8 Å². The highest BCUT2D eigenvalue weighted by Gasteiger charge is 2.05. The smallest absolute Gasteiger partial charge is 0.137 e. The molecule has 0 bridgehead atoms. The van der Waals surface area contributed by atoms with E-state index in [1.165, 1.54) is 5.56 Å². The molecule has 0 fully saturated rings. The van der Waals surface area contributed by atoms with Crippen molar-refractivity contribution in [3.05, 3.63) is 48.5 Å². The Morgan fingerprint density at radius 1 is 1.23 bits per heavy atom. The predicted octanol–water partition coefficient (Wildman–Crippen LogP) is 1.89. The van der Waals surface area contributed by atoms with Crippen molar-refractivity contribution in [3.63, 3.8) is 0 Å². The van der Waals surface area contributed by atoms with Crippen LogP contribution in [0.4, 0.5) is 0 Å². The molecule has 3 nitrogen and oxygen atoms in total. The molecule has 1 aromatic carbocycles. The minimum Gasteiger partial charge on any atom is -0.246 e. The molecule has 0 aliphatic carbocycles. The maximum Gasteiger partial charge on any atom is 0.137 e. The lowest BCUT2D eigenvalue weighted by atomic mass is 10.1. The van der Waals surface area contributed by atoms with Crippen molar-refractivity contribution in [2.45, 2.75) is 13.0 Å². The molecule has 0 aliphatic heterocycles. The Morgan fingerprint density at radius 3 is 2.62 bits per heavy atom. The highest BCUT2D eigenvalue weighted by molar-refractivity contribution is 5.18. The Labute approximate surface area is 77.0 Å². The first-order chi connectivity index (χ1) is 6.38. The molecule has 66 valence electrons. The molecule has 2 aromatic rings. The van der Waals surface area contributed by atoms with Crippen LogP contribution in [0.2, 0.25) is 0 Å². The third kappa shape index (κ3) is 1.59. The van der Waals surface area contributed by atoms with Gasteiger partial charge in [0.15, 0.2) is 0 Å². The van der Waals surface area contributed by atoms with Crippen molar-refractivity contribution >= 4 is 0 Å². The van der Waals surface area contributed by atoms with Crippen molar-refractivity contribution in [3.8, 4) is 0 Å². The number of rotatable bonds is 2. The average molecular weight is 173 g/mol. The first-order valence-electron chi connectivity index (χ1n) is 4.27. The molecule has 0 aliphatic rings. The summed E-state index contributed by atoms with van der Waals surface area (Å²) in [7, 11) is 0. The van der Waals surface area contributed by atoms with E-state index in [2.05, 4.69) is 29.1 Å². The summed E-state index contributed by atoms with van der Waals surface area (Å²) in [5.74, 6) is 0. The maximum atomic E-state index is 4.10. The summed E-state index contributed by atoms with van der Waals surface area (Å²) in [5, 5.41) is 4.10. The van der Waals surface area contributed by atoms with Crippen LogP contribution in [-0.2, 0) is 0 Å². The fourth-order valence-electron chi connectivity index (χ4n) is 1.30. The number of hydrogen-bond acceptors (Lipinski definition) is 2. The van der Waals surface area contributed by atoms with E-state index in [1.54, 1.807) is 12.7 Å². The lowest BCUT2D eigenvalue weighted by Gasteiger charge is -2.10. The van der Waals surface area contributed by atoms with E-state index >= 15 is 0 Å². The maximum absolute atomic E-state index is 4.10. The van der Waals surface area contributed by atoms with Gasteiger partial charge in [0.05, 0.1) is 6.04 Å². The lowest BCUT2D eigenvalue weighted by Crippen LogP contribution is -2.06. The van der Waals surface area contributed by atoms with Crippen LogP contribution < -0.4 is 0 Å². The first kappa shape index (κ1) is 7.98. The second-order valence-corrected chi connectivity index (χ2v) is 2.96. The summed E-state index contributed by atoms with van der Waals surface area (Å²) in [6.07, 6.45) is 3.29. The zero-order valence-electron chi connectivity index (χ0n) is 7.46. The fourth-order valence-corrected chi connectivity index (χ4v) is 1.30. The van der Waals surface area contributed by atoms with Gasteiger partial charge in [0.25, 0.3) is 0 Å². The molecule has 2 rings (SSSR count). The summed E-state index contributed by atoms with van der Waals surface area (Å²) in [6, 6.07) is 10.5. The van der Waals surface area contributed by atoms with Crippen molar-refractivity contribution < 1.29 is 0 Å². The topological polar surface area (TPSA) is 30.7 Å². The molecule has 0 amide bonds. The molecule has 0 N–H and O–H groups in total. The van der Waals surface area contributed by atoms with Crippen LogP contribution in [0, 0.1) is 0 Å². The van der Waals surface area contributed by atoms with Gasteiger partial charge in [0.1, 0.15) is 12.7 Å². The van der Waals surface area contributed by atoms with E-state index in [0.29, 0.717) is 0 Å². The van der Waals surface area contributed by atoms with Gasteiger partial charge in [-0.1, -0.05) is 30.3 Å². The molecule has 1 atom stereocenters. The Balaban J connectivity index is 2.29. The standard InChI is InChI=1S/C10H11N3/c1-9(13-8-11-7-12-13)10-5-3-2-4-6-10/h2-9H,1H3/t9-/m1/s1. The second-order valence-electron chi connectivity index (χ2n) is 2.96. The van der Waals surface area contributed by atoms with Gasteiger partial charge in [-0.2, -0.15) is 5.10 Å². The molecule has 1 heterocycles. The number of aromatic nitrogens is 3. The third-order valence-corrected chi connectivity index (χ3v) is 2.12. The molecule has 0 spiro atoms. The van der Waals surface area contributed by atoms with Crippen molar-refractivity contribution in [1.29, 1.82) is 0 Å². The van der Waals surface area contributed by atoms with Gasteiger partial charge in [-0.25, -0.2) is 9.67 Å². The summed E-state index contributed by atoms with van der Waals surface area (Å²) >= 11 is 0. The highest BCUT2D eigenvalue weighted by atomic mass is 15.3. The van der Waals surface area contributed by atoms with Gasteiger partial charge in [0, 0.05) is 0 Å². The molecular weight excluding hydrogens is 162 g/mol. The monoisotopic (exact) mass is 173 g/mol. The largest absolute Gasteiger partial charge is 0.246 e. The highest BCUT2D eigenvalue weighted by Crippen LogP contribution is 2.14. The van der Waals surface area contributed by atoms with Crippen LogP contribution in [0.15, 0.2) is 43.0 Å². The molecule has 1 aromatic heterocycles. The number of benzene rings is 1. The molecule has 13 heavy (non-hydrogen) atoms. The SMILES string of the molecule is C[C@H](c1ccccc1)n1cncn1. The van der Waals surface area contributed by atoms with Crippen molar-refractivity contribution in [1.82, 2.24) is 14.8 Å². The minimum atomic E-state index is 0.253. The van der Waals surface area contributed by atoms with E-state index in [0.717, 1.165) is 0 Å². The lowest BCUT2D eigenvalue weighted by molar-refractivity contribution is 0.563. The van der Waals surface area contributed by atoms with Gasteiger partial charge < -0.3 is 0 Å². The molecule has 3 heteroatoms. The Bertz CT molecular complexity index is 353. The van der Waals surface area contributed by atoms with E-state index < -0.39 is 0 Å². The number of nitrogens with zero attached hydrogens (tertiary/aromatic N) is 3. The van der Waals surface area contributed by atoms with Crippen LogP contribution in [0.3, 0.4) is 0 Å². The Morgan fingerprint density at radius 2 is 2.00 bits per heavy atom. The van der Waals surface area contributed by atoms with Gasteiger partial charge in [-0.3, -0.25) is 0 Å². The zero-order valence-corrected chi connectivity index (χ0v) is 7.46. The van der Waals surface area contributed by atoms with Gasteiger partial charge in [-0.15, -0.1) is 0 Å². The average Bonchev–Trinajstić information content (AvgIpc) is 2.71. The quantitative estimate of drug-likeness (QED) is 0.694. The van der Waals surface area contributed by atoms with Crippen molar-refractivity contribution in [2.75, 3.05) is 0 Å². The van der Waals surface area contributed by atoms with E-state index in [1.807, 2.05) is 22.9 Å². The third-order valence-electron chi connectivity index (χ3n) is 2.12. The van der Waals surface area contributed by atoms with Gasteiger partial charge >= 0.3 is 0 Å². The molecule has 0 radical (unpaired) electrons. The molecule has 0 saturated heterocycles. The van der Waals surface area contributed by atoms with E-state index in [-0.39, 0.29) is 6.04 Å². The second kappa shape index (κ2) is 3.39. The Hall–Kier alpha value is -1.64. The Kier molecular flexibility index (Phi) is 2.08. The normalized spacial score (nSPS) is 12.7. The summed E-state index contributed by atoms with van der Waals surface area (Å²) in [6.45, 7) is 2.10. The van der Waals surface area contributed by atoms with Crippen molar-refractivity contribution in [2.24, 2.45) is 0 Å². The van der Waals surface area contributed by atoms with Crippen LogP contribution in [0.25, 0.3) is 0 Å². The summed E-state index contributed by atoms with van der Waals surface area (Å²) < 4.78 is 1.84. The predicted molar refractivity (Wildman–Crippen MR) is 50.3 cm³/mol.